The fourth-order valence-electron chi connectivity index (χ4n) is 2.35. The van der Waals surface area contributed by atoms with Crippen molar-refractivity contribution in [2.75, 3.05) is 0 Å². The number of rotatable bonds is 6. The number of aromatic nitrogens is 2. The minimum absolute atomic E-state index is 0.155. The predicted octanol–water partition coefficient (Wildman–Crippen LogP) is 3.06. The number of para-hydroxylation sites is 1. The average molecular weight is 350 g/mol. The number of aliphatic carboxylic acids is 1. The minimum Gasteiger partial charge on any atom is -0.480 e. The summed E-state index contributed by atoms with van der Waals surface area (Å²) in [4.78, 5) is 23.7. The summed E-state index contributed by atoms with van der Waals surface area (Å²) in [6.45, 7) is 5.46. The predicted molar refractivity (Wildman–Crippen MR) is 91.7 cm³/mol. The first-order valence-electron chi connectivity index (χ1n) is 7.70. The van der Waals surface area contributed by atoms with Crippen LogP contribution in [0.3, 0.4) is 0 Å². The van der Waals surface area contributed by atoms with Crippen molar-refractivity contribution in [2.24, 2.45) is 5.92 Å². The number of carboxylic acid groups (broad SMARTS) is 1. The molecule has 2 atom stereocenters. The monoisotopic (exact) mass is 349 g/mol. The Labute approximate surface area is 145 Å². The summed E-state index contributed by atoms with van der Waals surface area (Å²) in [5.74, 6) is -1.75. The van der Waals surface area contributed by atoms with E-state index in [1.807, 2.05) is 19.1 Å². The molecule has 0 fully saturated rings. The highest BCUT2D eigenvalue weighted by atomic mass is 35.5. The van der Waals surface area contributed by atoms with Crippen LogP contribution in [0.25, 0.3) is 5.69 Å². The molecule has 1 amide bonds. The lowest BCUT2D eigenvalue weighted by Gasteiger charge is -2.19. The van der Waals surface area contributed by atoms with Gasteiger partial charge in [-0.15, -0.1) is 0 Å². The van der Waals surface area contributed by atoms with Gasteiger partial charge >= 0.3 is 5.97 Å². The quantitative estimate of drug-likeness (QED) is 0.839. The molecular weight excluding hydrogens is 330 g/mol. The van der Waals surface area contributed by atoms with E-state index in [1.165, 1.54) is 0 Å². The van der Waals surface area contributed by atoms with Gasteiger partial charge in [-0.05, 0) is 31.0 Å². The van der Waals surface area contributed by atoms with E-state index < -0.39 is 17.9 Å². The number of carbonyl (C=O) groups is 2. The molecule has 0 spiro atoms. The largest absolute Gasteiger partial charge is 0.480 e. The van der Waals surface area contributed by atoms with Gasteiger partial charge in [0.2, 0.25) is 0 Å². The van der Waals surface area contributed by atoms with Crippen LogP contribution in [0.15, 0.2) is 30.3 Å². The molecule has 0 saturated carbocycles. The number of amides is 1. The number of hydrogen-bond donors (Lipinski definition) is 2. The maximum absolute atomic E-state index is 12.4. The fourth-order valence-corrected chi connectivity index (χ4v) is 2.57. The topological polar surface area (TPSA) is 84.2 Å². The van der Waals surface area contributed by atoms with Crippen LogP contribution in [-0.2, 0) is 4.79 Å². The molecule has 6 nitrogen and oxygen atoms in total. The van der Waals surface area contributed by atoms with E-state index in [2.05, 4.69) is 10.4 Å². The number of carboxylic acids is 1. The highest BCUT2D eigenvalue weighted by Gasteiger charge is 2.27. The second kappa shape index (κ2) is 7.49. The molecule has 0 aliphatic rings. The van der Waals surface area contributed by atoms with Crippen LogP contribution in [-0.4, -0.2) is 32.8 Å². The molecule has 7 heteroatoms. The summed E-state index contributed by atoms with van der Waals surface area (Å²) in [7, 11) is 0. The number of aryl methyl sites for hydroxylation is 1. The molecule has 0 saturated heterocycles. The summed E-state index contributed by atoms with van der Waals surface area (Å²) < 4.78 is 1.57. The van der Waals surface area contributed by atoms with E-state index >= 15 is 0 Å². The lowest BCUT2D eigenvalue weighted by atomic mass is 9.99. The molecule has 0 aliphatic heterocycles. The highest BCUT2D eigenvalue weighted by molar-refractivity contribution is 6.32. The summed E-state index contributed by atoms with van der Waals surface area (Å²) >= 11 is 6.17. The molecule has 0 aliphatic carbocycles. The van der Waals surface area contributed by atoms with Crippen LogP contribution in [0, 0.1) is 12.8 Å². The Hall–Kier alpha value is -2.34. The van der Waals surface area contributed by atoms with Gasteiger partial charge in [0.1, 0.15) is 6.04 Å². The molecule has 24 heavy (non-hydrogen) atoms. The zero-order chi connectivity index (χ0) is 17.9. The molecule has 128 valence electrons. The van der Waals surface area contributed by atoms with Crippen LogP contribution in [0.2, 0.25) is 5.02 Å². The Kier molecular flexibility index (Phi) is 5.62. The zero-order valence-electron chi connectivity index (χ0n) is 13.8. The van der Waals surface area contributed by atoms with Gasteiger partial charge < -0.3 is 10.4 Å². The van der Waals surface area contributed by atoms with Gasteiger partial charge in [-0.3, -0.25) is 4.79 Å². The van der Waals surface area contributed by atoms with Crippen molar-refractivity contribution in [2.45, 2.75) is 33.2 Å². The van der Waals surface area contributed by atoms with E-state index in [4.69, 9.17) is 11.6 Å². The molecular formula is C17H20ClN3O3. The number of hydrogen-bond acceptors (Lipinski definition) is 3. The summed E-state index contributed by atoms with van der Waals surface area (Å²) in [6.07, 6.45) is 0.643. The van der Waals surface area contributed by atoms with Gasteiger partial charge in [-0.1, -0.05) is 44.0 Å². The Morgan fingerprint density at radius 2 is 2.04 bits per heavy atom. The maximum atomic E-state index is 12.4. The molecule has 1 heterocycles. The Morgan fingerprint density at radius 1 is 1.38 bits per heavy atom. The Morgan fingerprint density at radius 3 is 2.62 bits per heavy atom. The van der Waals surface area contributed by atoms with Crippen molar-refractivity contribution in [1.29, 1.82) is 0 Å². The zero-order valence-corrected chi connectivity index (χ0v) is 14.5. The van der Waals surface area contributed by atoms with Crippen molar-refractivity contribution in [1.82, 2.24) is 15.1 Å². The van der Waals surface area contributed by atoms with Crippen molar-refractivity contribution < 1.29 is 14.7 Å². The SMILES string of the molecule is CCC(C)C(NC(=O)c1cc(C)n(-c2ccccc2Cl)n1)C(=O)O. The van der Waals surface area contributed by atoms with E-state index in [9.17, 15) is 14.7 Å². The van der Waals surface area contributed by atoms with Gasteiger partial charge in [0.05, 0.1) is 10.7 Å². The third-order valence-corrected chi connectivity index (χ3v) is 4.29. The van der Waals surface area contributed by atoms with Crippen LogP contribution in [0.4, 0.5) is 0 Å². The number of halogens is 1. The van der Waals surface area contributed by atoms with Crippen LogP contribution in [0.1, 0.15) is 36.5 Å². The van der Waals surface area contributed by atoms with E-state index in [0.717, 1.165) is 5.69 Å². The van der Waals surface area contributed by atoms with Gasteiger partial charge in [-0.25, -0.2) is 9.48 Å². The maximum Gasteiger partial charge on any atom is 0.326 e. The average Bonchev–Trinajstić information content (AvgIpc) is 2.93. The summed E-state index contributed by atoms with van der Waals surface area (Å²) in [5.41, 5.74) is 1.54. The van der Waals surface area contributed by atoms with E-state index in [1.54, 1.807) is 36.7 Å². The molecule has 2 N–H and O–H groups in total. The molecule has 2 unspecified atom stereocenters. The molecule has 0 bridgehead atoms. The van der Waals surface area contributed by atoms with Gasteiger partial charge in [0.15, 0.2) is 5.69 Å². The molecule has 1 aromatic heterocycles. The van der Waals surface area contributed by atoms with Crippen LogP contribution < -0.4 is 5.32 Å². The molecule has 2 rings (SSSR count). The van der Waals surface area contributed by atoms with Crippen LogP contribution in [0.5, 0.6) is 0 Å². The summed E-state index contributed by atoms with van der Waals surface area (Å²) in [5, 5.41) is 16.6. The van der Waals surface area contributed by atoms with Crippen molar-refractivity contribution in [3.05, 3.63) is 46.7 Å². The van der Waals surface area contributed by atoms with Crippen molar-refractivity contribution >= 4 is 23.5 Å². The number of nitrogens with one attached hydrogen (secondary N) is 1. The van der Waals surface area contributed by atoms with E-state index in [-0.39, 0.29) is 11.6 Å². The van der Waals surface area contributed by atoms with Crippen LogP contribution >= 0.6 is 11.6 Å². The number of nitrogens with zero attached hydrogens (tertiary/aromatic N) is 2. The first kappa shape index (κ1) is 18.0. The highest BCUT2D eigenvalue weighted by Crippen LogP contribution is 2.21. The standard InChI is InChI=1S/C17H20ClN3O3/c1-4-10(2)15(17(23)24)19-16(22)13-9-11(3)21(20-13)14-8-6-5-7-12(14)18/h5-10,15H,4H2,1-3H3,(H,19,22)(H,23,24). The minimum atomic E-state index is -1.06. The number of carbonyl (C=O) groups excluding carboxylic acids is 1. The Balaban J connectivity index is 2.27. The normalized spacial score (nSPS) is 13.3. The second-order valence-corrected chi connectivity index (χ2v) is 6.12. The second-order valence-electron chi connectivity index (χ2n) is 5.71. The fraction of sp³-hybridized carbons (Fsp3) is 0.353. The summed E-state index contributed by atoms with van der Waals surface area (Å²) in [6, 6.07) is 7.82. The first-order valence-corrected chi connectivity index (χ1v) is 8.08. The lowest BCUT2D eigenvalue weighted by molar-refractivity contribution is -0.140. The molecule has 2 aromatic rings. The first-order chi connectivity index (χ1) is 11.3. The third-order valence-electron chi connectivity index (χ3n) is 3.97. The van der Waals surface area contributed by atoms with Crippen molar-refractivity contribution in [3.8, 4) is 5.69 Å². The smallest absolute Gasteiger partial charge is 0.326 e. The van der Waals surface area contributed by atoms with Gasteiger partial charge in [0, 0.05) is 5.69 Å². The lowest BCUT2D eigenvalue weighted by Crippen LogP contribution is -2.45. The van der Waals surface area contributed by atoms with Gasteiger partial charge in [0.25, 0.3) is 5.91 Å². The molecule has 1 aromatic carbocycles. The Bertz CT molecular complexity index is 757. The van der Waals surface area contributed by atoms with Gasteiger partial charge in [-0.2, -0.15) is 5.10 Å². The van der Waals surface area contributed by atoms with Crippen molar-refractivity contribution in [3.63, 3.8) is 0 Å². The van der Waals surface area contributed by atoms with E-state index in [0.29, 0.717) is 17.1 Å². The third kappa shape index (κ3) is 3.76. The molecule has 0 radical (unpaired) electrons. The number of benzene rings is 1.